The molecule has 0 aliphatic rings. The number of aliphatic hydroxyl groups excluding tert-OH is 1. The Balaban J connectivity index is 3.45. The van der Waals surface area contributed by atoms with E-state index in [2.05, 4.69) is 0 Å². The summed E-state index contributed by atoms with van der Waals surface area (Å²) in [5.74, 6) is 0.919. The van der Waals surface area contributed by atoms with Crippen LogP contribution in [0.2, 0.25) is 5.02 Å². The molecule has 0 aromatic heterocycles. The third kappa shape index (κ3) is 2.24. The molecule has 0 saturated carbocycles. The van der Waals surface area contributed by atoms with Crippen molar-refractivity contribution in [2.75, 3.05) is 20.8 Å². The summed E-state index contributed by atoms with van der Waals surface area (Å²) in [6.45, 7) is 1.70. The van der Waals surface area contributed by atoms with E-state index in [9.17, 15) is 0 Å². The summed E-state index contributed by atoms with van der Waals surface area (Å²) in [5, 5.41) is 9.57. The normalized spacial score (nSPS) is 12.4. The van der Waals surface area contributed by atoms with E-state index in [1.165, 1.54) is 14.2 Å². The van der Waals surface area contributed by atoms with Crippen LogP contribution in [0.5, 0.6) is 11.5 Å². The average Bonchev–Trinajstić information content (AvgIpc) is 2.27. The molecule has 1 aromatic carbocycles. The number of rotatable bonds is 4. The highest BCUT2D eigenvalue weighted by Gasteiger charge is 2.21. The van der Waals surface area contributed by atoms with Gasteiger partial charge < -0.3 is 20.3 Å². The van der Waals surface area contributed by atoms with E-state index in [0.717, 1.165) is 5.56 Å². The summed E-state index contributed by atoms with van der Waals surface area (Å²) in [4.78, 5) is 0. The molecule has 90 valence electrons. The molecular formula is C11H16ClNO3. The second-order valence-corrected chi connectivity index (χ2v) is 3.85. The standard InChI is InChI=1S/C11H16ClNO3/c1-6-4-7(12)10(15-2)11(16-3)9(6)8(13)5-14/h4,8,14H,5,13H2,1-3H3. The quantitative estimate of drug-likeness (QED) is 0.847. The second-order valence-electron chi connectivity index (χ2n) is 3.44. The number of methoxy groups -OCH3 is 2. The molecule has 16 heavy (non-hydrogen) atoms. The van der Waals surface area contributed by atoms with E-state index in [0.29, 0.717) is 22.1 Å². The van der Waals surface area contributed by atoms with Crippen LogP contribution in [0.25, 0.3) is 0 Å². The molecule has 0 radical (unpaired) electrons. The highest BCUT2D eigenvalue weighted by atomic mass is 35.5. The molecule has 1 unspecified atom stereocenters. The van der Waals surface area contributed by atoms with E-state index < -0.39 is 6.04 Å². The number of hydrogen-bond donors (Lipinski definition) is 2. The first-order chi connectivity index (χ1) is 7.56. The lowest BCUT2D eigenvalue weighted by Crippen LogP contribution is -2.17. The number of halogens is 1. The maximum Gasteiger partial charge on any atom is 0.179 e. The topological polar surface area (TPSA) is 64.7 Å². The molecule has 0 amide bonds. The number of hydrogen-bond acceptors (Lipinski definition) is 4. The van der Waals surface area contributed by atoms with Gasteiger partial charge in [0.25, 0.3) is 0 Å². The van der Waals surface area contributed by atoms with Crippen molar-refractivity contribution in [2.45, 2.75) is 13.0 Å². The Bertz CT molecular complexity index is 382. The third-order valence-corrected chi connectivity index (χ3v) is 2.69. The minimum absolute atomic E-state index is 0.165. The zero-order chi connectivity index (χ0) is 12.3. The molecule has 0 spiro atoms. The first kappa shape index (κ1) is 13.1. The van der Waals surface area contributed by atoms with Gasteiger partial charge in [-0.25, -0.2) is 0 Å². The van der Waals surface area contributed by atoms with Crippen LogP contribution in [0, 0.1) is 6.92 Å². The highest BCUT2D eigenvalue weighted by Crippen LogP contribution is 2.41. The Morgan fingerprint density at radius 3 is 2.38 bits per heavy atom. The Kier molecular flexibility index (Phi) is 4.41. The lowest BCUT2D eigenvalue weighted by molar-refractivity contribution is 0.262. The molecule has 4 nitrogen and oxygen atoms in total. The fraction of sp³-hybridized carbons (Fsp3) is 0.455. The van der Waals surface area contributed by atoms with Crippen molar-refractivity contribution in [1.29, 1.82) is 0 Å². The third-order valence-electron chi connectivity index (χ3n) is 2.41. The van der Waals surface area contributed by atoms with Gasteiger partial charge in [-0.2, -0.15) is 0 Å². The van der Waals surface area contributed by atoms with Gasteiger partial charge >= 0.3 is 0 Å². The summed E-state index contributed by atoms with van der Waals surface area (Å²) in [6.07, 6.45) is 0. The molecule has 1 aromatic rings. The summed E-state index contributed by atoms with van der Waals surface area (Å²) < 4.78 is 10.4. The molecule has 0 aliphatic heterocycles. The lowest BCUT2D eigenvalue weighted by Gasteiger charge is -2.19. The van der Waals surface area contributed by atoms with Crippen LogP contribution in [0.3, 0.4) is 0 Å². The molecule has 0 fully saturated rings. The summed E-state index contributed by atoms with van der Waals surface area (Å²) in [7, 11) is 3.02. The zero-order valence-electron chi connectivity index (χ0n) is 9.58. The van der Waals surface area contributed by atoms with Crippen molar-refractivity contribution >= 4 is 11.6 Å². The molecular weight excluding hydrogens is 230 g/mol. The fourth-order valence-corrected chi connectivity index (χ4v) is 2.01. The number of benzene rings is 1. The average molecular weight is 246 g/mol. The number of ether oxygens (including phenoxy) is 2. The first-order valence-corrected chi connectivity index (χ1v) is 5.22. The molecule has 1 atom stereocenters. The largest absolute Gasteiger partial charge is 0.492 e. The number of aryl methyl sites for hydroxylation is 1. The van der Waals surface area contributed by atoms with Crippen molar-refractivity contribution in [3.05, 3.63) is 22.2 Å². The van der Waals surface area contributed by atoms with Crippen molar-refractivity contribution in [2.24, 2.45) is 5.73 Å². The van der Waals surface area contributed by atoms with Crippen molar-refractivity contribution in [1.82, 2.24) is 0 Å². The van der Waals surface area contributed by atoms with Crippen LogP contribution < -0.4 is 15.2 Å². The van der Waals surface area contributed by atoms with Crippen LogP contribution in [-0.2, 0) is 0 Å². The summed E-state index contributed by atoms with van der Waals surface area (Å²) in [5.41, 5.74) is 7.40. The van der Waals surface area contributed by atoms with Gasteiger partial charge in [0.15, 0.2) is 11.5 Å². The van der Waals surface area contributed by atoms with Gasteiger partial charge in [0.1, 0.15) is 0 Å². The van der Waals surface area contributed by atoms with Crippen LogP contribution >= 0.6 is 11.6 Å². The van der Waals surface area contributed by atoms with Crippen LogP contribution in [0.4, 0.5) is 0 Å². The Morgan fingerprint density at radius 1 is 1.38 bits per heavy atom. The Hall–Kier alpha value is -0.970. The van der Waals surface area contributed by atoms with Crippen molar-refractivity contribution < 1.29 is 14.6 Å². The first-order valence-electron chi connectivity index (χ1n) is 4.84. The summed E-state index contributed by atoms with van der Waals surface area (Å²) in [6, 6.07) is 1.23. The molecule has 3 N–H and O–H groups in total. The van der Waals surface area contributed by atoms with Crippen LogP contribution in [0.1, 0.15) is 17.2 Å². The Labute approximate surface area is 99.9 Å². The number of aliphatic hydroxyl groups is 1. The van der Waals surface area contributed by atoms with Gasteiger partial charge in [0.05, 0.1) is 31.9 Å². The van der Waals surface area contributed by atoms with Gasteiger partial charge in [0.2, 0.25) is 0 Å². The Morgan fingerprint density at radius 2 is 1.94 bits per heavy atom. The van der Waals surface area contributed by atoms with E-state index in [4.69, 9.17) is 31.9 Å². The fourth-order valence-electron chi connectivity index (χ4n) is 1.69. The van der Waals surface area contributed by atoms with Crippen molar-refractivity contribution in [3.8, 4) is 11.5 Å². The van der Waals surface area contributed by atoms with E-state index in [1.54, 1.807) is 6.07 Å². The lowest BCUT2D eigenvalue weighted by atomic mass is 10.0. The maximum absolute atomic E-state index is 9.11. The maximum atomic E-state index is 9.11. The predicted octanol–water partition coefficient (Wildman–Crippen LogP) is 1.66. The monoisotopic (exact) mass is 245 g/mol. The van der Waals surface area contributed by atoms with Crippen LogP contribution in [0.15, 0.2) is 6.07 Å². The molecule has 0 bridgehead atoms. The predicted molar refractivity (Wildman–Crippen MR) is 63.3 cm³/mol. The smallest absolute Gasteiger partial charge is 0.179 e. The second kappa shape index (κ2) is 5.39. The molecule has 0 heterocycles. The van der Waals surface area contributed by atoms with Gasteiger partial charge in [-0.1, -0.05) is 11.6 Å². The van der Waals surface area contributed by atoms with Gasteiger partial charge in [-0.05, 0) is 18.6 Å². The molecule has 1 rings (SSSR count). The minimum Gasteiger partial charge on any atom is -0.492 e. The number of nitrogens with two attached hydrogens (primary N) is 1. The van der Waals surface area contributed by atoms with Gasteiger partial charge in [-0.15, -0.1) is 0 Å². The summed E-state index contributed by atoms with van der Waals surface area (Å²) >= 11 is 6.03. The highest BCUT2D eigenvalue weighted by molar-refractivity contribution is 6.32. The van der Waals surface area contributed by atoms with E-state index >= 15 is 0 Å². The van der Waals surface area contributed by atoms with E-state index in [1.807, 2.05) is 6.92 Å². The molecule has 0 saturated heterocycles. The van der Waals surface area contributed by atoms with Gasteiger partial charge in [-0.3, -0.25) is 0 Å². The molecule has 0 aliphatic carbocycles. The van der Waals surface area contributed by atoms with Gasteiger partial charge in [0, 0.05) is 5.56 Å². The van der Waals surface area contributed by atoms with Crippen LogP contribution in [-0.4, -0.2) is 25.9 Å². The zero-order valence-corrected chi connectivity index (χ0v) is 10.3. The SMILES string of the molecule is COc1c(Cl)cc(C)c(C(N)CO)c1OC. The van der Waals surface area contributed by atoms with E-state index in [-0.39, 0.29) is 6.61 Å². The van der Waals surface area contributed by atoms with Crippen molar-refractivity contribution in [3.63, 3.8) is 0 Å². The molecule has 5 heteroatoms. The minimum atomic E-state index is -0.513.